The number of amides is 3. The van der Waals surface area contributed by atoms with Crippen LogP contribution in [0.4, 0.5) is 36.8 Å². The molecule has 0 saturated carbocycles. The van der Waals surface area contributed by atoms with E-state index in [9.17, 15) is 70.6 Å². The van der Waals surface area contributed by atoms with Crippen LogP contribution in [0.2, 0.25) is 5.02 Å². The topological polar surface area (TPSA) is 322 Å². The molecular weight excluding hydrogens is 1050 g/mol. The Bertz CT molecular complexity index is 2220. The number of unbranched alkanes of at least 4 members (excludes halogenated alkanes) is 11. The Kier molecular flexibility index (Phi) is 24.2. The van der Waals surface area contributed by atoms with Gasteiger partial charge in [0, 0.05) is 18.4 Å². The third kappa shape index (κ3) is 18.5. The van der Waals surface area contributed by atoms with E-state index < -0.39 is 140 Å². The molecule has 21 nitrogen and oxygen atoms in total. The van der Waals surface area contributed by atoms with Crippen LogP contribution in [-0.2, 0) is 59.2 Å². The van der Waals surface area contributed by atoms with Crippen molar-refractivity contribution in [2.75, 3.05) is 25.6 Å². The Hall–Kier alpha value is -4.22. The third-order valence-corrected chi connectivity index (χ3v) is 13.0. The number of carboxylic acid groups (broad SMARTS) is 1. The van der Waals surface area contributed by atoms with Gasteiger partial charge in [-0.1, -0.05) is 101 Å². The van der Waals surface area contributed by atoms with E-state index in [0.29, 0.717) is 31.0 Å². The number of ether oxygens (including phenoxy) is 5. The Morgan fingerprint density at radius 2 is 1.49 bits per heavy atom. The maximum Gasteiger partial charge on any atom is 0.477 e. The van der Waals surface area contributed by atoms with Gasteiger partial charge in [0.05, 0.1) is 35.4 Å². The van der Waals surface area contributed by atoms with E-state index in [4.69, 9.17) is 55.8 Å². The number of aliphatic carboxylic acids is 1. The number of nitrogens with one attached hydrogen (secondary N) is 2. The van der Waals surface area contributed by atoms with Crippen molar-refractivity contribution in [2.24, 2.45) is 16.5 Å². The lowest BCUT2D eigenvalue weighted by atomic mass is 9.94. The molecule has 2 aliphatic rings. The standard InChI is InChI=1S/C45H63ClF6N5O16P/c1-3-4-5-6-7-8-9-10-11-12-13-14-20-68-42(39(62)63)73-74(65,66)72-41-35(31(34(67-2)36(71-41)38(54)61)57-43(64)55-26-18-19-28(46)27(22-26)45(50,51)52)70-40-30(33(60)32(59)29(23-58)69-40)56-37(53)24-16-15-17-25(21-24)44(47,48)49/h15-19,21-22,29-36,40-42,58-60H,3-14,20,23H2,1-2H3,(H2,53,56)(H2,54,61)(H,62,63)(H,65,66)(H2,55,57,64). The summed E-state index contributed by atoms with van der Waals surface area (Å²) in [5.74, 6) is -4.04. The molecule has 0 radical (unpaired) electrons. The highest BCUT2D eigenvalue weighted by molar-refractivity contribution is 7.47. The first kappa shape index (κ1) is 62.3. The van der Waals surface area contributed by atoms with E-state index in [-0.39, 0.29) is 12.2 Å². The smallest absolute Gasteiger partial charge is 0.477 e. The SMILES string of the molecule is CCCCCCCCCCCCCCOC(OP(=O)(O)OC1OC(C(N)=O)C(OC)C(NC(=O)Nc2ccc(Cl)c(C(F)(F)F)c2)C1OC1OC(CO)C(O)C(O)C1N=C(N)c1cccc(C(F)(F)F)c1)C(=O)O. The minimum atomic E-state index is -5.87. The first-order chi connectivity index (χ1) is 34.8. The Balaban J connectivity index is 1.68. The van der Waals surface area contributed by atoms with Crippen molar-refractivity contribution in [3.05, 3.63) is 64.2 Å². The third-order valence-electron chi connectivity index (χ3n) is 11.8. The normalized spacial score (nSPS) is 26.0. The molecule has 11 N–H and O–H groups in total. The number of carbonyl (C=O) groups is 3. The van der Waals surface area contributed by atoms with E-state index in [1.54, 1.807) is 0 Å². The molecule has 0 aliphatic carbocycles. The second-order valence-corrected chi connectivity index (χ2v) is 19.1. The van der Waals surface area contributed by atoms with Crippen LogP contribution < -0.4 is 22.1 Å². The van der Waals surface area contributed by atoms with Gasteiger partial charge in [-0.05, 0) is 36.8 Å². The Morgan fingerprint density at radius 1 is 0.865 bits per heavy atom. The average Bonchev–Trinajstić information content (AvgIpc) is 3.32. The number of aliphatic hydroxyl groups excluding tert-OH is 3. The fraction of sp³-hybridized carbons (Fsp3) is 0.644. The second kappa shape index (κ2) is 28.8. The first-order valence-electron chi connectivity index (χ1n) is 23.6. The van der Waals surface area contributed by atoms with Gasteiger partial charge in [-0.2, -0.15) is 26.3 Å². The van der Waals surface area contributed by atoms with E-state index in [1.165, 1.54) is 19.3 Å². The minimum absolute atomic E-state index is 0.275. The molecule has 2 heterocycles. The lowest BCUT2D eigenvalue weighted by Crippen LogP contribution is -2.69. The van der Waals surface area contributed by atoms with Crippen LogP contribution in [0.1, 0.15) is 101 Å². The number of aliphatic hydroxyl groups is 3. The molecule has 2 saturated heterocycles. The van der Waals surface area contributed by atoms with Gasteiger partial charge in [0.2, 0.25) is 5.91 Å². The summed E-state index contributed by atoms with van der Waals surface area (Å²) in [4.78, 5) is 54.1. The summed E-state index contributed by atoms with van der Waals surface area (Å²) < 4.78 is 134. The van der Waals surface area contributed by atoms with Crippen molar-refractivity contribution in [1.29, 1.82) is 0 Å². The number of phosphoric acid groups is 1. The molecule has 0 bridgehead atoms. The predicted molar refractivity (Wildman–Crippen MR) is 250 cm³/mol. The number of hydrogen-bond donors (Lipinski definition) is 9. The quantitative estimate of drug-likeness (QED) is 0.0119. The summed E-state index contributed by atoms with van der Waals surface area (Å²) in [7, 11) is -4.93. The van der Waals surface area contributed by atoms with Gasteiger partial charge in [-0.15, -0.1) is 0 Å². The number of urea groups is 1. The molecule has 12 unspecified atom stereocenters. The molecule has 29 heteroatoms. The number of nitrogens with zero attached hydrogens (tertiary/aromatic N) is 1. The van der Waals surface area contributed by atoms with E-state index in [2.05, 4.69) is 22.5 Å². The first-order valence-corrected chi connectivity index (χ1v) is 25.4. The zero-order chi connectivity index (χ0) is 55.0. The predicted octanol–water partition coefficient (Wildman–Crippen LogP) is 5.95. The number of halogens is 7. The van der Waals surface area contributed by atoms with E-state index in [0.717, 1.165) is 76.3 Å². The largest absolute Gasteiger partial charge is 0.477 e. The molecule has 2 fully saturated rings. The Labute approximate surface area is 426 Å². The summed E-state index contributed by atoms with van der Waals surface area (Å²) >= 11 is 5.73. The number of rotatable bonds is 28. The number of anilines is 1. The highest BCUT2D eigenvalue weighted by Gasteiger charge is 2.56. The molecule has 2 aliphatic heterocycles. The highest BCUT2D eigenvalue weighted by atomic mass is 35.5. The second-order valence-electron chi connectivity index (χ2n) is 17.3. The van der Waals surface area contributed by atoms with Crippen molar-refractivity contribution in [2.45, 2.75) is 164 Å². The van der Waals surface area contributed by atoms with Gasteiger partial charge in [-0.25, -0.2) is 18.7 Å². The summed E-state index contributed by atoms with van der Waals surface area (Å²) in [5.41, 5.74) is 8.28. The van der Waals surface area contributed by atoms with Crippen molar-refractivity contribution in [3.63, 3.8) is 0 Å². The molecule has 4 rings (SSSR count). The number of primary amides is 1. The summed E-state index contributed by atoms with van der Waals surface area (Å²) in [6.45, 7) is 0.810. The number of methoxy groups -OCH3 is 1. The maximum atomic E-state index is 13.8. The molecule has 0 spiro atoms. The zero-order valence-corrected chi connectivity index (χ0v) is 41.9. The summed E-state index contributed by atoms with van der Waals surface area (Å²) in [5, 5.41) is 45.9. The lowest BCUT2D eigenvalue weighted by molar-refractivity contribution is -0.324. The van der Waals surface area contributed by atoms with Gasteiger partial charge in [-0.3, -0.25) is 14.3 Å². The van der Waals surface area contributed by atoms with Gasteiger partial charge < -0.3 is 71.1 Å². The van der Waals surface area contributed by atoms with Crippen LogP contribution >= 0.6 is 19.4 Å². The van der Waals surface area contributed by atoms with E-state index in [1.807, 2.05) is 0 Å². The fourth-order valence-corrected chi connectivity index (χ4v) is 9.10. The maximum absolute atomic E-state index is 13.8. The number of hydrogen-bond acceptors (Lipinski definition) is 15. The lowest BCUT2D eigenvalue weighted by Gasteiger charge is -2.48. The number of benzene rings is 2. The molecule has 12 atom stereocenters. The van der Waals surface area contributed by atoms with Crippen molar-refractivity contribution in [1.82, 2.24) is 5.32 Å². The number of aliphatic imine (C=N–C) groups is 1. The Morgan fingerprint density at radius 3 is 2.04 bits per heavy atom. The van der Waals surface area contributed by atoms with Gasteiger partial charge in [0.25, 0.3) is 6.29 Å². The number of alkyl halides is 6. The van der Waals surface area contributed by atoms with Crippen LogP contribution in [0.3, 0.4) is 0 Å². The van der Waals surface area contributed by atoms with Gasteiger partial charge >= 0.3 is 32.2 Å². The average molecular weight is 1110 g/mol. The van der Waals surface area contributed by atoms with Gasteiger partial charge in [0.15, 0.2) is 18.7 Å². The molecular formula is C45H63ClF6N5O16P. The van der Waals surface area contributed by atoms with Crippen molar-refractivity contribution in [3.8, 4) is 0 Å². The van der Waals surface area contributed by atoms with E-state index >= 15 is 0 Å². The number of phosphoric ester groups is 1. The zero-order valence-electron chi connectivity index (χ0n) is 40.2. The van der Waals surface area contributed by atoms with Gasteiger partial charge in [0.1, 0.15) is 42.4 Å². The van der Waals surface area contributed by atoms with Crippen molar-refractivity contribution >= 4 is 48.9 Å². The fourth-order valence-electron chi connectivity index (χ4n) is 8.00. The van der Waals surface area contributed by atoms with Crippen LogP contribution in [0.5, 0.6) is 0 Å². The molecule has 418 valence electrons. The number of carboxylic acids is 1. The monoisotopic (exact) mass is 1110 g/mol. The molecule has 2 aromatic carbocycles. The van der Waals surface area contributed by atoms with Crippen LogP contribution in [0, 0.1) is 0 Å². The van der Waals surface area contributed by atoms with Crippen LogP contribution in [-0.4, -0.2) is 137 Å². The van der Waals surface area contributed by atoms with Crippen LogP contribution in [0.15, 0.2) is 47.5 Å². The molecule has 3 amide bonds. The highest BCUT2D eigenvalue weighted by Crippen LogP contribution is 2.49. The summed E-state index contributed by atoms with van der Waals surface area (Å²) in [6, 6.07) is 0.122. The summed E-state index contributed by atoms with van der Waals surface area (Å²) in [6.07, 6.45) is -17.7. The molecule has 0 aromatic heterocycles. The molecule has 2 aromatic rings. The van der Waals surface area contributed by atoms with Crippen LogP contribution in [0.25, 0.3) is 0 Å². The number of amidine groups is 1. The molecule has 74 heavy (non-hydrogen) atoms. The number of nitrogens with two attached hydrogens (primary N) is 2. The van der Waals surface area contributed by atoms with Crippen molar-refractivity contribution < 1.29 is 103 Å². The number of carbonyl (C=O) groups excluding carboxylic acids is 2. The minimum Gasteiger partial charge on any atom is -0.477 e.